The van der Waals surface area contributed by atoms with Gasteiger partial charge in [0.25, 0.3) is 0 Å². The quantitative estimate of drug-likeness (QED) is 0.354. The van der Waals surface area contributed by atoms with Crippen LogP contribution in [0.2, 0.25) is 0 Å². The lowest BCUT2D eigenvalue weighted by molar-refractivity contribution is 0.303. The molecule has 0 nitrogen and oxygen atoms in total. The molecule has 0 aromatic heterocycles. The van der Waals surface area contributed by atoms with Crippen molar-refractivity contribution in [1.82, 2.24) is 0 Å². The summed E-state index contributed by atoms with van der Waals surface area (Å²) in [5, 5.41) is 0. The largest absolute Gasteiger partial charge is 0.0654 e. The van der Waals surface area contributed by atoms with Crippen molar-refractivity contribution < 1.29 is 0 Å². The Labute approximate surface area is 180 Å². The molecule has 0 unspecified atom stereocenters. The molecule has 0 saturated heterocycles. The number of unbranched alkanes of at least 4 members (excludes halogenated alkanes) is 4. The van der Waals surface area contributed by atoms with E-state index in [1.54, 1.807) is 5.56 Å². The summed E-state index contributed by atoms with van der Waals surface area (Å²) in [4.78, 5) is 0. The van der Waals surface area contributed by atoms with Crippen LogP contribution in [-0.2, 0) is 6.42 Å². The third kappa shape index (κ3) is 6.46. The molecule has 0 bridgehead atoms. The zero-order valence-electron chi connectivity index (χ0n) is 19.2. The standard InChI is InChI=1S/C29H42/c1-4-6-8-10-24-12-16-26(17-13-24)28-20-21-29(23(3)22-28)27-18-14-25(15-19-27)11-9-7-5-2/h14-15,18-22,24,26H,4-13,16-17H2,1-3H3. The molecular weight excluding hydrogens is 348 g/mol. The van der Waals surface area contributed by atoms with Gasteiger partial charge >= 0.3 is 0 Å². The van der Waals surface area contributed by atoms with Crippen molar-refractivity contribution in [1.29, 1.82) is 0 Å². The van der Waals surface area contributed by atoms with Crippen LogP contribution >= 0.6 is 0 Å². The Morgan fingerprint density at radius 1 is 0.759 bits per heavy atom. The van der Waals surface area contributed by atoms with Gasteiger partial charge in [-0.05, 0) is 85.1 Å². The van der Waals surface area contributed by atoms with E-state index in [2.05, 4.69) is 63.2 Å². The fourth-order valence-corrected chi connectivity index (χ4v) is 5.16. The molecule has 0 radical (unpaired) electrons. The molecule has 0 heterocycles. The van der Waals surface area contributed by atoms with Crippen molar-refractivity contribution >= 4 is 0 Å². The van der Waals surface area contributed by atoms with Crippen molar-refractivity contribution in [3.8, 4) is 11.1 Å². The maximum absolute atomic E-state index is 2.48. The van der Waals surface area contributed by atoms with E-state index < -0.39 is 0 Å². The smallest absolute Gasteiger partial charge is 0.0155 e. The third-order valence-electron chi connectivity index (χ3n) is 7.12. The molecule has 0 spiro atoms. The van der Waals surface area contributed by atoms with Gasteiger partial charge < -0.3 is 0 Å². The van der Waals surface area contributed by atoms with Crippen LogP contribution in [0.1, 0.15) is 107 Å². The summed E-state index contributed by atoms with van der Waals surface area (Å²) in [5.41, 5.74) is 7.27. The highest BCUT2D eigenvalue weighted by atomic mass is 14.3. The highest BCUT2D eigenvalue weighted by molar-refractivity contribution is 5.68. The first kappa shape index (κ1) is 22.1. The number of benzene rings is 2. The fraction of sp³-hybridized carbons (Fsp3) is 0.586. The maximum atomic E-state index is 2.48. The summed E-state index contributed by atoms with van der Waals surface area (Å²) in [7, 11) is 0. The van der Waals surface area contributed by atoms with Crippen LogP contribution in [0.25, 0.3) is 11.1 Å². The van der Waals surface area contributed by atoms with Crippen LogP contribution in [0.15, 0.2) is 42.5 Å². The van der Waals surface area contributed by atoms with E-state index in [0.29, 0.717) is 0 Å². The predicted octanol–water partition coefficient (Wildman–Crippen LogP) is 9.25. The van der Waals surface area contributed by atoms with E-state index in [0.717, 1.165) is 11.8 Å². The van der Waals surface area contributed by atoms with Crippen molar-refractivity contribution in [3.63, 3.8) is 0 Å². The zero-order chi connectivity index (χ0) is 20.5. The summed E-state index contributed by atoms with van der Waals surface area (Å²) in [6.45, 7) is 6.88. The highest BCUT2D eigenvalue weighted by Crippen LogP contribution is 2.39. The SMILES string of the molecule is CCCCCc1ccc(-c2ccc(C3CCC(CCCCC)CC3)cc2C)cc1. The molecule has 3 rings (SSSR count). The van der Waals surface area contributed by atoms with Gasteiger partial charge in [0, 0.05) is 0 Å². The van der Waals surface area contributed by atoms with Crippen LogP contribution in [0, 0.1) is 12.8 Å². The molecule has 1 saturated carbocycles. The number of hydrogen-bond donors (Lipinski definition) is 0. The zero-order valence-corrected chi connectivity index (χ0v) is 19.2. The first-order valence-corrected chi connectivity index (χ1v) is 12.4. The molecule has 158 valence electrons. The average Bonchev–Trinajstić information content (AvgIpc) is 2.75. The summed E-state index contributed by atoms with van der Waals surface area (Å²) in [5.74, 6) is 1.78. The molecule has 0 aliphatic heterocycles. The van der Waals surface area contributed by atoms with E-state index in [1.165, 1.54) is 99.3 Å². The summed E-state index contributed by atoms with van der Waals surface area (Å²) < 4.78 is 0. The predicted molar refractivity (Wildman–Crippen MR) is 129 cm³/mol. The van der Waals surface area contributed by atoms with Gasteiger partial charge in [-0.3, -0.25) is 0 Å². The summed E-state index contributed by atoms with van der Waals surface area (Å²) in [6.07, 6.45) is 16.5. The minimum atomic E-state index is 0.783. The summed E-state index contributed by atoms with van der Waals surface area (Å²) in [6, 6.07) is 16.6. The van der Waals surface area contributed by atoms with E-state index >= 15 is 0 Å². The van der Waals surface area contributed by atoms with Crippen molar-refractivity contribution in [2.75, 3.05) is 0 Å². The van der Waals surface area contributed by atoms with Crippen molar-refractivity contribution in [2.24, 2.45) is 5.92 Å². The van der Waals surface area contributed by atoms with Crippen molar-refractivity contribution in [3.05, 3.63) is 59.2 Å². The molecule has 1 aliphatic rings. The second kappa shape index (κ2) is 11.6. The van der Waals surface area contributed by atoms with Crippen LogP contribution in [-0.4, -0.2) is 0 Å². The molecule has 0 heteroatoms. The lowest BCUT2D eigenvalue weighted by Crippen LogP contribution is -2.13. The number of hydrogen-bond acceptors (Lipinski definition) is 0. The molecule has 29 heavy (non-hydrogen) atoms. The number of aryl methyl sites for hydroxylation is 2. The van der Waals surface area contributed by atoms with Gasteiger partial charge in [0.1, 0.15) is 0 Å². The molecular formula is C29H42. The van der Waals surface area contributed by atoms with Gasteiger partial charge in [-0.15, -0.1) is 0 Å². The lowest BCUT2D eigenvalue weighted by atomic mass is 9.76. The van der Waals surface area contributed by atoms with Gasteiger partial charge in [0.15, 0.2) is 0 Å². The van der Waals surface area contributed by atoms with E-state index in [-0.39, 0.29) is 0 Å². The van der Waals surface area contributed by atoms with Crippen LogP contribution in [0.4, 0.5) is 0 Å². The van der Waals surface area contributed by atoms with Gasteiger partial charge in [0.05, 0.1) is 0 Å². The molecule has 0 N–H and O–H groups in total. The topological polar surface area (TPSA) is 0 Å². The molecule has 1 aliphatic carbocycles. The second-order valence-electron chi connectivity index (χ2n) is 9.44. The van der Waals surface area contributed by atoms with Crippen LogP contribution in [0.5, 0.6) is 0 Å². The Kier molecular flexibility index (Phi) is 8.84. The molecule has 0 atom stereocenters. The Morgan fingerprint density at radius 3 is 2.10 bits per heavy atom. The molecule has 0 amide bonds. The monoisotopic (exact) mass is 390 g/mol. The van der Waals surface area contributed by atoms with E-state index in [1.807, 2.05) is 0 Å². The normalized spacial score (nSPS) is 19.4. The molecule has 1 fully saturated rings. The summed E-state index contributed by atoms with van der Waals surface area (Å²) >= 11 is 0. The van der Waals surface area contributed by atoms with E-state index in [4.69, 9.17) is 0 Å². The minimum absolute atomic E-state index is 0.783. The second-order valence-corrected chi connectivity index (χ2v) is 9.44. The Morgan fingerprint density at radius 2 is 1.45 bits per heavy atom. The van der Waals surface area contributed by atoms with Gasteiger partial charge in [-0.1, -0.05) is 94.8 Å². The van der Waals surface area contributed by atoms with Crippen LogP contribution in [0.3, 0.4) is 0 Å². The highest BCUT2D eigenvalue weighted by Gasteiger charge is 2.22. The molecule has 2 aromatic carbocycles. The van der Waals surface area contributed by atoms with Gasteiger partial charge in [-0.2, -0.15) is 0 Å². The van der Waals surface area contributed by atoms with Gasteiger partial charge in [0.2, 0.25) is 0 Å². The first-order chi connectivity index (χ1) is 14.2. The Balaban J connectivity index is 1.58. The van der Waals surface area contributed by atoms with E-state index in [9.17, 15) is 0 Å². The Hall–Kier alpha value is -1.56. The molecule has 2 aromatic rings. The maximum Gasteiger partial charge on any atom is -0.0155 e. The lowest BCUT2D eigenvalue weighted by Gasteiger charge is -2.29. The number of rotatable bonds is 10. The first-order valence-electron chi connectivity index (χ1n) is 12.4. The minimum Gasteiger partial charge on any atom is -0.0654 e. The fourth-order valence-electron chi connectivity index (χ4n) is 5.16. The van der Waals surface area contributed by atoms with Gasteiger partial charge in [-0.25, -0.2) is 0 Å². The van der Waals surface area contributed by atoms with Crippen molar-refractivity contribution in [2.45, 2.75) is 104 Å². The average molecular weight is 391 g/mol. The third-order valence-corrected chi connectivity index (χ3v) is 7.12. The van der Waals surface area contributed by atoms with Crippen LogP contribution < -0.4 is 0 Å². The Bertz CT molecular complexity index is 716.